The molecular formula is C11H15NOS. The SMILES string of the molecule is CC.Cn1c2c(sc1=O)C=CCC=C2. The summed E-state index contributed by atoms with van der Waals surface area (Å²) in [6.45, 7) is 4.00. The van der Waals surface area contributed by atoms with Gasteiger partial charge in [-0.1, -0.05) is 37.3 Å². The molecule has 3 heteroatoms. The van der Waals surface area contributed by atoms with Crippen molar-refractivity contribution in [3.63, 3.8) is 0 Å². The molecule has 1 aliphatic rings. The van der Waals surface area contributed by atoms with E-state index in [1.807, 2.05) is 26.0 Å². The Morgan fingerprint density at radius 1 is 1.29 bits per heavy atom. The zero-order valence-electron chi connectivity index (χ0n) is 8.78. The Hall–Kier alpha value is -1.09. The van der Waals surface area contributed by atoms with Crippen molar-refractivity contribution < 1.29 is 0 Å². The van der Waals surface area contributed by atoms with Crippen LogP contribution in [0.4, 0.5) is 0 Å². The van der Waals surface area contributed by atoms with E-state index in [0.29, 0.717) is 0 Å². The maximum Gasteiger partial charge on any atom is 0.307 e. The predicted octanol–water partition coefficient (Wildman–Crippen LogP) is 2.90. The van der Waals surface area contributed by atoms with Crippen molar-refractivity contribution in [2.45, 2.75) is 20.3 Å². The fraction of sp³-hybridized carbons (Fsp3) is 0.364. The van der Waals surface area contributed by atoms with Gasteiger partial charge in [0.25, 0.3) is 0 Å². The maximum absolute atomic E-state index is 11.2. The second kappa shape index (κ2) is 4.96. The summed E-state index contributed by atoms with van der Waals surface area (Å²) in [6, 6.07) is 0. The van der Waals surface area contributed by atoms with Crippen molar-refractivity contribution in [3.05, 3.63) is 32.4 Å². The van der Waals surface area contributed by atoms with Crippen molar-refractivity contribution in [3.8, 4) is 0 Å². The molecule has 0 saturated carbocycles. The Morgan fingerprint density at radius 2 is 1.93 bits per heavy atom. The highest BCUT2D eigenvalue weighted by Gasteiger charge is 2.07. The maximum atomic E-state index is 11.2. The molecule has 0 unspecified atom stereocenters. The van der Waals surface area contributed by atoms with Gasteiger partial charge in [0.2, 0.25) is 0 Å². The van der Waals surface area contributed by atoms with Crippen LogP contribution < -0.4 is 4.87 Å². The van der Waals surface area contributed by atoms with E-state index >= 15 is 0 Å². The Morgan fingerprint density at radius 3 is 2.64 bits per heavy atom. The number of nitrogens with zero attached hydrogens (tertiary/aromatic N) is 1. The molecule has 0 aliphatic heterocycles. The number of allylic oxidation sites excluding steroid dienone is 2. The van der Waals surface area contributed by atoms with Gasteiger partial charge in [-0.3, -0.25) is 4.79 Å². The van der Waals surface area contributed by atoms with Crippen LogP contribution in [0, 0.1) is 0 Å². The molecule has 1 heterocycles. The van der Waals surface area contributed by atoms with Crippen LogP contribution in [0.5, 0.6) is 0 Å². The van der Waals surface area contributed by atoms with Crippen molar-refractivity contribution >= 4 is 23.5 Å². The van der Waals surface area contributed by atoms with Gasteiger partial charge in [-0.25, -0.2) is 0 Å². The topological polar surface area (TPSA) is 22.0 Å². The Labute approximate surface area is 88.2 Å². The number of hydrogen-bond donors (Lipinski definition) is 0. The molecule has 0 bridgehead atoms. The first-order valence-electron chi connectivity index (χ1n) is 4.82. The molecule has 0 N–H and O–H groups in total. The molecule has 1 aromatic heterocycles. The van der Waals surface area contributed by atoms with Gasteiger partial charge < -0.3 is 4.57 Å². The molecule has 2 nitrogen and oxygen atoms in total. The second-order valence-corrected chi connectivity index (χ2v) is 3.71. The molecule has 1 aromatic rings. The normalized spacial score (nSPS) is 12.8. The summed E-state index contributed by atoms with van der Waals surface area (Å²) in [5.74, 6) is 0. The molecule has 2 rings (SSSR count). The highest BCUT2D eigenvalue weighted by molar-refractivity contribution is 7.10. The van der Waals surface area contributed by atoms with Crippen LogP contribution in [-0.2, 0) is 7.05 Å². The molecule has 0 atom stereocenters. The van der Waals surface area contributed by atoms with E-state index < -0.39 is 0 Å². The highest BCUT2D eigenvalue weighted by atomic mass is 32.1. The van der Waals surface area contributed by atoms with Gasteiger partial charge in [-0.05, 0) is 18.6 Å². The van der Waals surface area contributed by atoms with Crippen LogP contribution in [0.2, 0.25) is 0 Å². The van der Waals surface area contributed by atoms with Crippen LogP contribution in [0.15, 0.2) is 16.9 Å². The summed E-state index contributed by atoms with van der Waals surface area (Å²) < 4.78 is 1.69. The summed E-state index contributed by atoms with van der Waals surface area (Å²) >= 11 is 1.30. The van der Waals surface area contributed by atoms with E-state index in [1.54, 1.807) is 11.6 Å². The molecular weight excluding hydrogens is 194 g/mol. The monoisotopic (exact) mass is 209 g/mol. The van der Waals surface area contributed by atoms with Gasteiger partial charge >= 0.3 is 4.87 Å². The van der Waals surface area contributed by atoms with Crippen LogP contribution >= 0.6 is 11.3 Å². The zero-order chi connectivity index (χ0) is 10.6. The molecule has 1 aliphatic carbocycles. The van der Waals surface area contributed by atoms with Gasteiger partial charge in [0, 0.05) is 7.05 Å². The average Bonchev–Trinajstić information content (AvgIpc) is 2.44. The van der Waals surface area contributed by atoms with Crippen molar-refractivity contribution in [2.75, 3.05) is 0 Å². The molecule has 76 valence electrons. The molecule has 0 radical (unpaired) electrons. The Balaban J connectivity index is 0.000000461. The Bertz CT molecular complexity index is 409. The number of aromatic nitrogens is 1. The van der Waals surface area contributed by atoms with Gasteiger partial charge in [0.15, 0.2) is 0 Å². The third-order valence-electron chi connectivity index (χ3n) is 1.90. The zero-order valence-corrected chi connectivity index (χ0v) is 9.60. The lowest BCUT2D eigenvalue weighted by molar-refractivity contribution is 0.883. The highest BCUT2D eigenvalue weighted by Crippen LogP contribution is 2.18. The molecule has 0 aromatic carbocycles. The third-order valence-corrected chi connectivity index (χ3v) is 2.92. The van der Waals surface area contributed by atoms with E-state index in [9.17, 15) is 4.79 Å². The third kappa shape index (κ3) is 2.04. The van der Waals surface area contributed by atoms with E-state index in [-0.39, 0.29) is 4.87 Å². The molecule has 14 heavy (non-hydrogen) atoms. The van der Waals surface area contributed by atoms with Crippen LogP contribution in [0.25, 0.3) is 12.2 Å². The van der Waals surface area contributed by atoms with Crippen LogP contribution in [0.3, 0.4) is 0 Å². The second-order valence-electron chi connectivity index (χ2n) is 2.72. The van der Waals surface area contributed by atoms with Gasteiger partial charge in [-0.2, -0.15) is 0 Å². The first-order chi connectivity index (χ1) is 6.79. The first-order valence-corrected chi connectivity index (χ1v) is 5.63. The van der Waals surface area contributed by atoms with Crippen molar-refractivity contribution in [1.29, 1.82) is 0 Å². The molecule has 0 fully saturated rings. The lowest BCUT2D eigenvalue weighted by Gasteiger charge is -1.93. The van der Waals surface area contributed by atoms with E-state index in [4.69, 9.17) is 0 Å². The summed E-state index contributed by atoms with van der Waals surface area (Å²) in [4.78, 5) is 12.4. The average molecular weight is 209 g/mol. The first kappa shape index (κ1) is 11.0. The number of thiazole rings is 1. The number of hydrogen-bond acceptors (Lipinski definition) is 2. The standard InChI is InChI=1S/C9H9NOS.C2H6/c1-10-7-5-3-2-4-6-8(7)12-9(10)11;1-2/h3-6H,2H2,1H3;1-2H3. The molecule has 0 amide bonds. The van der Waals surface area contributed by atoms with E-state index in [2.05, 4.69) is 12.2 Å². The molecule has 0 spiro atoms. The molecule has 0 saturated heterocycles. The van der Waals surface area contributed by atoms with Gasteiger partial charge in [0.05, 0.1) is 10.6 Å². The van der Waals surface area contributed by atoms with E-state index in [0.717, 1.165) is 17.0 Å². The fourth-order valence-corrected chi connectivity index (χ4v) is 2.12. The lowest BCUT2D eigenvalue weighted by atomic mass is 10.3. The Kier molecular flexibility index (Phi) is 3.89. The number of rotatable bonds is 0. The van der Waals surface area contributed by atoms with Crippen LogP contribution in [-0.4, -0.2) is 4.57 Å². The minimum Gasteiger partial charge on any atom is -0.302 e. The predicted molar refractivity (Wildman–Crippen MR) is 63.6 cm³/mol. The van der Waals surface area contributed by atoms with Gasteiger partial charge in [0.1, 0.15) is 0 Å². The van der Waals surface area contributed by atoms with Crippen molar-refractivity contribution in [2.24, 2.45) is 7.05 Å². The van der Waals surface area contributed by atoms with Gasteiger partial charge in [-0.15, -0.1) is 0 Å². The largest absolute Gasteiger partial charge is 0.307 e. The minimum absolute atomic E-state index is 0.108. The number of fused-ring (bicyclic) bond motifs is 1. The fourth-order valence-electron chi connectivity index (χ4n) is 1.23. The summed E-state index contributed by atoms with van der Waals surface area (Å²) in [6.07, 6.45) is 9.11. The summed E-state index contributed by atoms with van der Waals surface area (Å²) in [5, 5.41) is 0. The lowest BCUT2D eigenvalue weighted by Crippen LogP contribution is -2.08. The summed E-state index contributed by atoms with van der Waals surface area (Å²) in [7, 11) is 1.81. The quantitative estimate of drug-likeness (QED) is 0.644. The van der Waals surface area contributed by atoms with Crippen molar-refractivity contribution in [1.82, 2.24) is 4.57 Å². The summed E-state index contributed by atoms with van der Waals surface area (Å²) in [5.41, 5.74) is 1.03. The minimum atomic E-state index is 0.108. The smallest absolute Gasteiger partial charge is 0.302 e. The van der Waals surface area contributed by atoms with Crippen LogP contribution in [0.1, 0.15) is 30.8 Å². The van der Waals surface area contributed by atoms with E-state index in [1.165, 1.54) is 11.3 Å².